The smallest absolute Gasteiger partial charge is 0.174 e. The van der Waals surface area contributed by atoms with E-state index in [4.69, 9.17) is 28.6 Å². The van der Waals surface area contributed by atoms with E-state index in [-0.39, 0.29) is 12.1 Å². The molecule has 4 rings (SSSR count). The quantitative estimate of drug-likeness (QED) is 0.631. The van der Waals surface area contributed by atoms with Gasteiger partial charge in [0.05, 0.1) is 23.9 Å². The molecule has 5 nitrogen and oxygen atoms in total. The lowest BCUT2D eigenvalue weighted by Crippen LogP contribution is -2.29. The summed E-state index contributed by atoms with van der Waals surface area (Å²) in [5, 5.41) is 4.60. The molecule has 2 aromatic heterocycles. The Labute approximate surface area is 168 Å². The van der Waals surface area contributed by atoms with Gasteiger partial charge in [-0.15, -0.1) is 0 Å². The highest BCUT2D eigenvalue weighted by molar-refractivity contribution is 7.80. The highest BCUT2D eigenvalue weighted by atomic mass is 35.5. The van der Waals surface area contributed by atoms with Crippen molar-refractivity contribution < 1.29 is 4.74 Å². The molecule has 0 bridgehead atoms. The number of hydrogen-bond acceptors (Lipinski definition) is 3. The van der Waals surface area contributed by atoms with Crippen molar-refractivity contribution >= 4 is 34.6 Å². The molecule has 0 spiro atoms. The molecule has 1 aliphatic heterocycles. The number of nitrogens with zero attached hydrogens (tertiary/aromatic N) is 2. The van der Waals surface area contributed by atoms with E-state index in [1.54, 1.807) is 13.3 Å². The van der Waals surface area contributed by atoms with E-state index in [9.17, 15) is 0 Å². The molecule has 1 fully saturated rings. The molecule has 3 heterocycles. The minimum atomic E-state index is -0.0855. The van der Waals surface area contributed by atoms with Gasteiger partial charge in [-0.3, -0.25) is 4.98 Å². The van der Waals surface area contributed by atoms with Crippen molar-refractivity contribution in [2.75, 3.05) is 12.0 Å². The maximum Gasteiger partial charge on any atom is 0.174 e. The van der Waals surface area contributed by atoms with Crippen molar-refractivity contribution in [1.29, 1.82) is 0 Å². The van der Waals surface area contributed by atoms with Crippen LogP contribution in [0.4, 0.5) is 5.69 Å². The van der Waals surface area contributed by atoms with Gasteiger partial charge in [-0.25, -0.2) is 0 Å². The number of aromatic nitrogens is 2. The summed E-state index contributed by atoms with van der Waals surface area (Å²) >= 11 is 12.1. The van der Waals surface area contributed by atoms with E-state index in [0.717, 1.165) is 22.8 Å². The number of rotatable bonds is 4. The number of benzene rings is 1. The Balaban J connectivity index is 1.81. The minimum absolute atomic E-state index is 0.0782. The van der Waals surface area contributed by atoms with Crippen molar-refractivity contribution in [2.24, 2.45) is 0 Å². The van der Waals surface area contributed by atoms with E-state index < -0.39 is 0 Å². The number of methoxy groups -OCH3 is 1. The predicted molar refractivity (Wildman–Crippen MR) is 111 cm³/mol. The lowest BCUT2D eigenvalue weighted by Gasteiger charge is -2.27. The number of anilines is 1. The Morgan fingerprint density at radius 2 is 2.04 bits per heavy atom. The predicted octanol–water partition coefficient (Wildman–Crippen LogP) is 4.56. The number of aromatic amines is 1. The van der Waals surface area contributed by atoms with Crippen LogP contribution in [0.1, 0.15) is 29.2 Å². The summed E-state index contributed by atoms with van der Waals surface area (Å²) in [6.07, 6.45) is 1.80. The molecule has 0 unspecified atom stereocenters. The molecule has 3 aromatic rings. The van der Waals surface area contributed by atoms with Crippen molar-refractivity contribution in [3.05, 3.63) is 76.8 Å². The fourth-order valence-corrected chi connectivity index (χ4v) is 4.05. The lowest BCUT2D eigenvalue weighted by molar-refractivity contribution is 0.415. The van der Waals surface area contributed by atoms with Crippen molar-refractivity contribution in [3.8, 4) is 5.75 Å². The summed E-state index contributed by atoms with van der Waals surface area (Å²) in [7, 11) is 1.60. The van der Waals surface area contributed by atoms with Gasteiger partial charge in [0.25, 0.3) is 0 Å². The molecule has 1 saturated heterocycles. The third kappa shape index (κ3) is 3.26. The fraction of sp³-hybridized carbons (Fsp3) is 0.200. The van der Waals surface area contributed by atoms with Crippen molar-refractivity contribution in [2.45, 2.75) is 19.0 Å². The molecular formula is C20H19ClN4OS. The molecule has 0 saturated carbocycles. The third-order valence-corrected chi connectivity index (χ3v) is 5.29. The average Bonchev–Trinajstić information content (AvgIpc) is 3.25. The van der Waals surface area contributed by atoms with Crippen LogP contribution in [0.5, 0.6) is 5.75 Å². The SMILES string of the molecule is COc1ccc(N2C(=S)N[C@H](c3ccccn3)[C@H]2c2ccc(C)[nH]2)cc1Cl. The van der Waals surface area contributed by atoms with Crippen LogP contribution in [0.3, 0.4) is 0 Å². The number of pyridine rings is 1. The van der Waals surface area contributed by atoms with Gasteiger partial charge in [0.15, 0.2) is 5.11 Å². The Morgan fingerprint density at radius 1 is 1.19 bits per heavy atom. The topological polar surface area (TPSA) is 53.2 Å². The number of hydrogen-bond donors (Lipinski definition) is 2. The second-order valence-electron chi connectivity index (χ2n) is 6.41. The van der Waals surface area contributed by atoms with Crippen LogP contribution in [0, 0.1) is 6.92 Å². The summed E-state index contributed by atoms with van der Waals surface area (Å²) < 4.78 is 5.28. The number of ether oxygens (including phenoxy) is 1. The van der Waals surface area contributed by atoms with E-state index in [1.807, 2.05) is 43.3 Å². The molecule has 1 aliphatic rings. The second kappa shape index (κ2) is 7.21. The zero-order chi connectivity index (χ0) is 19.0. The molecule has 2 N–H and O–H groups in total. The highest BCUT2D eigenvalue weighted by Crippen LogP contribution is 2.42. The zero-order valence-electron chi connectivity index (χ0n) is 14.9. The number of H-pyrrole nitrogens is 1. The molecule has 27 heavy (non-hydrogen) atoms. The maximum atomic E-state index is 6.37. The highest BCUT2D eigenvalue weighted by Gasteiger charge is 2.41. The van der Waals surface area contributed by atoms with Crippen LogP contribution < -0.4 is 15.0 Å². The first-order valence-electron chi connectivity index (χ1n) is 8.58. The van der Waals surface area contributed by atoms with E-state index in [0.29, 0.717) is 15.9 Å². The second-order valence-corrected chi connectivity index (χ2v) is 7.21. The summed E-state index contributed by atoms with van der Waals surface area (Å²) in [6, 6.07) is 15.6. The summed E-state index contributed by atoms with van der Waals surface area (Å²) in [5.41, 5.74) is 3.98. The first-order valence-corrected chi connectivity index (χ1v) is 9.37. The number of nitrogens with one attached hydrogen (secondary N) is 2. The number of halogens is 1. The maximum absolute atomic E-state index is 6.37. The van der Waals surface area contributed by atoms with E-state index in [2.05, 4.69) is 32.3 Å². The van der Waals surface area contributed by atoms with Crippen LogP contribution in [0.15, 0.2) is 54.7 Å². The van der Waals surface area contributed by atoms with Crippen LogP contribution in [0.2, 0.25) is 5.02 Å². The van der Waals surface area contributed by atoms with E-state index in [1.165, 1.54) is 0 Å². The van der Waals surface area contributed by atoms with Crippen LogP contribution >= 0.6 is 23.8 Å². The monoisotopic (exact) mass is 398 g/mol. The Hall–Kier alpha value is -2.57. The number of thiocarbonyl (C=S) groups is 1. The standard InChI is InChI=1S/C20H19ClN4OS/c1-12-6-8-16(23-12)19-18(15-5-3-4-10-22-15)24-20(27)25(19)13-7-9-17(26-2)14(21)11-13/h3-11,18-19,23H,1-2H3,(H,24,27)/t18-,19-/m1/s1. The zero-order valence-corrected chi connectivity index (χ0v) is 16.5. The van der Waals surface area contributed by atoms with Gasteiger partial charge in [-0.2, -0.15) is 0 Å². The van der Waals surface area contributed by atoms with Crippen molar-refractivity contribution in [1.82, 2.24) is 15.3 Å². The Kier molecular flexibility index (Phi) is 4.76. The first-order chi connectivity index (χ1) is 13.1. The van der Waals surface area contributed by atoms with Crippen molar-refractivity contribution in [3.63, 3.8) is 0 Å². The van der Waals surface area contributed by atoms with Gasteiger partial charge >= 0.3 is 0 Å². The molecule has 0 radical (unpaired) electrons. The molecule has 1 aromatic carbocycles. The van der Waals surface area contributed by atoms with Gasteiger partial charge in [-0.1, -0.05) is 17.7 Å². The van der Waals surface area contributed by atoms with Crippen LogP contribution in [-0.2, 0) is 0 Å². The normalized spacial score (nSPS) is 19.2. The molecule has 2 atom stereocenters. The van der Waals surface area contributed by atoms with Gasteiger partial charge < -0.3 is 19.9 Å². The average molecular weight is 399 g/mol. The Morgan fingerprint density at radius 3 is 2.67 bits per heavy atom. The van der Waals surface area contributed by atoms with Gasteiger partial charge in [0.2, 0.25) is 0 Å². The summed E-state index contributed by atoms with van der Waals surface area (Å²) in [6.45, 7) is 2.04. The minimum Gasteiger partial charge on any atom is -0.495 e. The summed E-state index contributed by atoms with van der Waals surface area (Å²) in [5.74, 6) is 0.632. The summed E-state index contributed by atoms with van der Waals surface area (Å²) in [4.78, 5) is 10.1. The lowest BCUT2D eigenvalue weighted by atomic mass is 10.0. The molecule has 0 aliphatic carbocycles. The molecule has 138 valence electrons. The fourth-order valence-electron chi connectivity index (χ4n) is 3.45. The molecular weight excluding hydrogens is 380 g/mol. The third-order valence-electron chi connectivity index (χ3n) is 4.68. The van der Waals surface area contributed by atoms with Crippen LogP contribution in [-0.4, -0.2) is 22.2 Å². The van der Waals surface area contributed by atoms with Gasteiger partial charge in [-0.05, 0) is 61.6 Å². The van der Waals surface area contributed by atoms with E-state index >= 15 is 0 Å². The largest absolute Gasteiger partial charge is 0.495 e. The molecule has 0 amide bonds. The Bertz CT molecular complexity index is 975. The van der Waals surface area contributed by atoms with Gasteiger partial charge in [0.1, 0.15) is 11.8 Å². The van der Waals surface area contributed by atoms with Crippen LogP contribution in [0.25, 0.3) is 0 Å². The number of aryl methyl sites for hydroxylation is 1. The molecule has 7 heteroatoms. The van der Waals surface area contributed by atoms with Gasteiger partial charge in [0, 0.05) is 23.3 Å². The first kappa shape index (κ1) is 17.8.